The first kappa shape index (κ1) is 12.3. The molecule has 0 atom stereocenters. The molecule has 100 valence electrons. The van der Waals surface area contributed by atoms with Crippen molar-refractivity contribution >= 4 is 17.2 Å². The maximum atomic E-state index is 12.1. The summed E-state index contributed by atoms with van der Waals surface area (Å²) in [5, 5.41) is 16.1. The lowest BCUT2D eigenvalue weighted by Crippen LogP contribution is -2.19. The quantitative estimate of drug-likeness (QED) is 0.444. The summed E-state index contributed by atoms with van der Waals surface area (Å²) >= 11 is 0. The fraction of sp³-hybridized carbons (Fsp3) is 0.0625. The van der Waals surface area contributed by atoms with Crippen LogP contribution in [0.25, 0.3) is 0 Å². The molecule has 0 bridgehead atoms. The molecule has 0 radical (unpaired) electrons. The van der Waals surface area contributed by atoms with E-state index < -0.39 is 0 Å². The van der Waals surface area contributed by atoms with Crippen molar-refractivity contribution in [3.8, 4) is 5.75 Å². The zero-order chi connectivity index (χ0) is 13.9. The van der Waals surface area contributed by atoms with Gasteiger partial charge in [0.25, 0.3) is 0 Å². The molecule has 2 aromatic rings. The Balaban J connectivity index is 1.85. The molecule has 0 unspecified atom stereocenters. The van der Waals surface area contributed by atoms with Crippen LogP contribution in [0.2, 0.25) is 0 Å². The molecule has 4 nitrogen and oxygen atoms in total. The Morgan fingerprint density at radius 3 is 2.70 bits per heavy atom. The first-order chi connectivity index (χ1) is 9.74. The Hall–Kier alpha value is -2.75. The number of phenols is 1. The summed E-state index contributed by atoms with van der Waals surface area (Å²) in [5.41, 5.74) is 2.80. The monoisotopic (exact) mass is 266 g/mol. The average molecular weight is 266 g/mol. The zero-order valence-corrected chi connectivity index (χ0v) is 10.8. The van der Waals surface area contributed by atoms with Gasteiger partial charge in [0, 0.05) is 17.3 Å². The third-order valence-electron chi connectivity index (χ3n) is 3.16. The summed E-state index contributed by atoms with van der Waals surface area (Å²) in [6.07, 6.45) is 1.55. The zero-order valence-electron chi connectivity index (χ0n) is 10.8. The molecule has 0 saturated carbocycles. The number of aromatic hydroxyl groups is 1. The van der Waals surface area contributed by atoms with Gasteiger partial charge in [0.2, 0.25) is 0 Å². The summed E-state index contributed by atoms with van der Waals surface area (Å²) < 4.78 is 0. The number of benzene rings is 2. The van der Waals surface area contributed by atoms with Crippen molar-refractivity contribution in [1.29, 1.82) is 0 Å². The van der Waals surface area contributed by atoms with Gasteiger partial charge in [0.15, 0.2) is 5.78 Å². The molecule has 0 amide bonds. The van der Waals surface area contributed by atoms with Crippen LogP contribution in [0.3, 0.4) is 0 Å². The van der Waals surface area contributed by atoms with Crippen LogP contribution >= 0.6 is 0 Å². The Labute approximate surface area is 116 Å². The number of hydrogen-bond acceptors (Lipinski definition) is 4. The van der Waals surface area contributed by atoms with Crippen LogP contribution in [0.5, 0.6) is 5.75 Å². The van der Waals surface area contributed by atoms with E-state index in [0.717, 1.165) is 11.4 Å². The van der Waals surface area contributed by atoms with Crippen LogP contribution in [0, 0.1) is 0 Å². The molecule has 4 heteroatoms. The molecule has 3 N–H and O–H groups in total. The second-order valence-electron chi connectivity index (χ2n) is 4.58. The number of fused-ring (bicyclic) bond motifs is 1. The van der Waals surface area contributed by atoms with Gasteiger partial charge in [-0.15, -0.1) is 0 Å². The van der Waals surface area contributed by atoms with E-state index in [0.29, 0.717) is 17.8 Å². The van der Waals surface area contributed by atoms with Crippen LogP contribution in [0.4, 0.5) is 11.4 Å². The SMILES string of the molecule is O=C(/C=C1/CNc2cccc(O)c2N1)c1ccccc1. The lowest BCUT2D eigenvalue weighted by atomic mass is 10.1. The van der Waals surface area contributed by atoms with Gasteiger partial charge in [-0.3, -0.25) is 4.79 Å². The largest absolute Gasteiger partial charge is 0.506 e. The van der Waals surface area contributed by atoms with Gasteiger partial charge in [0.05, 0.1) is 12.2 Å². The van der Waals surface area contributed by atoms with Crippen molar-refractivity contribution in [2.45, 2.75) is 0 Å². The molecule has 20 heavy (non-hydrogen) atoms. The average Bonchev–Trinajstić information content (AvgIpc) is 2.49. The molecular formula is C16H14N2O2. The third kappa shape index (κ3) is 2.36. The van der Waals surface area contributed by atoms with Crippen LogP contribution in [0.1, 0.15) is 10.4 Å². The second-order valence-corrected chi connectivity index (χ2v) is 4.58. The lowest BCUT2D eigenvalue weighted by Gasteiger charge is -2.23. The van der Waals surface area contributed by atoms with Gasteiger partial charge in [-0.1, -0.05) is 36.4 Å². The predicted octanol–water partition coefficient (Wildman–Crippen LogP) is 3.00. The summed E-state index contributed by atoms with van der Waals surface area (Å²) in [7, 11) is 0. The van der Waals surface area contributed by atoms with E-state index in [-0.39, 0.29) is 11.5 Å². The van der Waals surface area contributed by atoms with Gasteiger partial charge in [-0.05, 0) is 12.1 Å². The summed E-state index contributed by atoms with van der Waals surface area (Å²) in [4.78, 5) is 12.1. The molecule has 0 fully saturated rings. The topological polar surface area (TPSA) is 61.4 Å². The molecule has 1 heterocycles. The van der Waals surface area contributed by atoms with Crippen molar-refractivity contribution in [1.82, 2.24) is 0 Å². The van der Waals surface area contributed by atoms with E-state index in [1.807, 2.05) is 24.3 Å². The van der Waals surface area contributed by atoms with Crippen LogP contribution in [-0.2, 0) is 0 Å². The maximum absolute atomic E-state index is 12.1. The molecule has 1 aliphatic rings. The van der Waals surface area contributed by atoms with E-state index in [4.69, 9.17) is 0 Å². The number of ketones is 1. The minimum Gasteiger partial charge on any atom is -0.506 e. The molecule has 1 aliphatic heterocycles. The fourth-order valence-electron chi connectivity index (χ4n) is 2.15. The lowest BCUT2D eigenvalue weighted by molar-refractivity contribution is 0.104. The smallest absolute Gasteiger partial charge is 0.187 e. The number of anilines is 2. The van der Waals surface area contributed by atoms with Gasteiger partial charge >= 0.3 is 0 Å². The van der Waals surface area contributed by atoms with Crippen LogP contribution < -0.4 is 10.6 Å². The van der Waals surface area contributed by atoms with Gasteiger partial charge in [0.1, 0.15) is 11.4 Å². The first-order valence-corrected chi connectivity index (χ1v) is 6.37. The Morgan fingerprint density at radius 2 is 1.90 bits per heavy atom. The standard InChI is InChI=1S/C16H14N2O2/c19-14-8-4-7-13-16(14)18-12(10-17-13)9-15(20)11-5-2-1-3-6-11/h1-9,17-19H,10H2/b12-9-. The highest BCUT2D eigenvalue weighted by Gasteiger charge is 2.15. The van der Waals surface area contributed by atoms with Crippen molar-refractivity contribution in [3.05, 3.63) is 65.9 Å². The second kappa shape index (κ2) is 5.09. The number of rotatable bonds is 2. The van der Waals surface area contributed by atoms with E-state index in [1.165, 1.54) is 0 Å². The van der Waals surface area contributed by atoms with E-state index in [2.05, 4.69) is 10.6 Å². The first-order valence-electron chi connectivity index (χ1n) is 6.37. The predicted molar refractivity (Wildman–Crippen MR) is 79.1 cm³/mol. The summed E-state index contributed by atoms with van der Waals surface area (Å²) in [6, 6.07) is 14.3. The highest BCUT2D eigenvalue weighted by Crippen LogP contribution is 2.35. The van der Waals surface area contributed by atoms with Crippen molar-refractivity contribution in [2.24, 2.45) is 0 Å². The third-order valence-corrected chi connectivity index (χ3v) is 3.16. The molecule has 0 aromatic heterocycles. The van der Waals surface area contributed by atoms with Crippen molar-refractivity contribution in [3.63, 3.8) is 0 Å². The highest BCUT2D eigenvalue weighted by molar-refractivity contribution is 6.05. The van der Waals surface area contributed by atoms with Crippen molar-refractivity contribution in [2.75, 3.05) is 17.2 Å². The highest BCUT2D eigenvalue weighted by atomic mass is 16.3. The molecule has 0 aliphatic carbocycles. The molecule has 3 rings (SSSR count). The van der Waals surface area contributed by atoms with Gasteiger partial charge in [-0.25, -0.2) is 0 Å². The van der Waals surface area contributed by atoms with Crippen molar-refractivity contribution < 1.29 is 9.90 Å². The maximum Gasteiger partial charge on any atom is 0.187 e. The number of carbonyl (C=O) groups is 1. The molecule has 0 spiro atoms. The number of nitrogens with one attached hydrogen (secondary N) is 2. The fourth-order valence-corrected chi connectivity index (χ4v) is 2.15. The number of hydrogen-bond donors (Lipinski definition) is 3. The minimum absolute atomic E-state index is 0.0613. The molecule has 2 aromatic carbocycles. The molecule has 0 saturated heterocycles. The van der Waals surface area contributed by atoms with Gasteiger partial charge < -0.3 is 15.7 Å². The normalized spacial score (nSPS) is 15.1. The number of allylic oxidation sites excluding steroid dienone is 1. The summed E-state index contributed by atoms with van der Waals surface area (Å²) in [5.74, 6) is 0.0986. The van der Waals surface area contributed by atoms with Gasteiger partial charge in [-0.2, -0.15) is 0 Å². The number of para-hydroxylation sites is 1. The number of carbonyl (C=O) groups excluding carboxylic acids is 1. The molecular weight excluding hydrogens is 252 g/mol. The van der Waals surface area contributed by atoms with E-state index >= 15 is 0 Å². The Morgan fingerprint density at radius 1 is 1.10 bits per heavy atom. The Kier molecular flexibility index (Phi) is 3.13. The van der Waals surface area contributed by atoms with Crippen LogP contribution in [0.15, 0.2) is 60.3 Å². The summed E-state index contributed by atoms with van der Waals surface area (Å²) in [6.45, 7) is 0.523. The van der Waals surface area contributed by atoms with Crippen LogP contribution in [-0.4, -0.2) is 17.4 Å². The Bertz CT molecular complexity index is 678. The van der Waals surface area contributed by atoms with E-state index in [1.54, 1.807) is 30.3 Å². The number of phenolic OH excluding ortho intramolecular Hbond substituents is 1. The minimum atomic E-state index is -0.0613. The van der Waals surface area contributed by atoms with E-state index in [9.17, 15) is 9.90 Å².